The van der Waals surface area contributed by atoms with E-state index >= 15 is 0 Å². The standard InChI is InChI=1S/C18H23NO3S/c1-2-10-22-18-8-7-14-5-3-4-6-16(14)17(18)12-19-15-9-11-23(20,21)13-15/h3-8,15,19H,2,9-13H2,1H3. The Hall–Kier alpha value is -1.59. The van der Waals surface area contributed by atoms with Crippen molar-refractivity contribution >= 4 is 20.6 Å². The van der Waals surface area contributed by atoms with Crippen molar-refractivity contribution in [2.24, 2.45) is 0 Å². The summed E-state index contributed by atoms with van der Waals surface area (Å²) in [7, 11) is -2.86. The van der Waals surface area contributed by atoms with E-state index in [1.54, 1.807) is 0 Å². The van der Waals surface area contributed by atoms with Gasteiger partial charge in [0.2, 0.25) is 0 Å². The molecule has 0 bridgehead atoms. The van der Waals surface area contributed by atoms with Crippen LogP contribution < -0.4 is 10.1 Å². The van der Waals surface area contributed by atoms with Gasteiger partial charge in [-0.3, -0.25) is 0 Å². The van der Waals surface area contributed by atoms with Crippen molar-refractivity contribution < 1.29 is 13.2 Å². The van der Waals surface area contributed by atoms with Crippen LogP contribution in [0.1, 0.15) is 25.3 Å². The molecular weight excluding hydrogens is 310 g/mol. The van der Waals surface area contributed by atoms with Crippen LogP contribution in [0.3, 0.4) is 0 Å². The van der Waals surface area contributed by atoms with Crippen LogP contribution in [0, 0.1) is 0 Å². The molecule has 1 aliphatic heterocycles. The monoisotopic (exact) mass is 333 g/mol. The fourth-order valence-corrected chi connectivity index (χ4v) is 4.76. The van der Waals surface area contributed by atoms with Crippen LogP contribution in [0.2, 0.25) is 0 Å². The highest BCUT2D eigenvalue weighted by atomic mass is 32.2. The van der Waals surface area contributed by atoms with Gasteiger partial charge in [0.25, 0.3) is 0 Å². The Morgan fingerprint density at radius 2 is 2.04 bits per heavy atom. The second-order valence-corrected chi connectivity index (χ2v) is 8.32. The van der Waals surface area contributed by atoms with E-state index in [0.717, 1.165) is 23.1 Å². The highest BCUT2D eigenvalue weighted by Gasteiger charge is 2.27. The molecule has 1 atom stereocenters. The molecule has 124 valence electrons. The van der Waals surface area contributed by atoms with Crippen LogP contribution in [0.25, 0.3) is 10.8 Å². The molecule has 0 aromatic heterocycles. The van der Waals surface area contributed by atoms with Gasteiger partial charge in [-0.25, -0.2) is 8.42 Å². The summed E-state index contributed by atoms with van der Waals surface area (Å²) in [5, 5.41) is 5.74. The SMILES string of the molecule is CCCOc1ccc2ccccc2c1CNC1CCS(=O)(=O)C1. The first-order chi connectivity index (χ1) is 11.1. The maximum atomic E-state index is 11.6. The normalized spacial score (nSPS) is 20.0. The van der Waals surface area contributed by atoms with E-state index < -0.39 is 9.84 Å². The quantitative estimate of drug-likeness (QED) is 0.883. The molecule has 23 heavy (non-hydrogen) atoms. The first-order valence-corrected chi connectivity index (χ1v) is 9.98. The maximum Gasteiger partial charge on any atom is 0.151 e. The average molecular weight is 333 g/mol. The third-order valence-electron chi connectivity index (χ3n) is 4.26. The minimum atomic E-state index is -2.86. The number of hydrogen-bond donors (Lipinski definition) is 1. The summed E-state index contributed by atoms with van der Waals surface area (Å²) in [5.74, 6) is 1.42. The van der Waals surface area contributed by atoms with Crippen LogP contribution in [0.5, 0.6) is 5.75 Å². The number of benzene rings is 2. The van der Waals surface area contributed by atoms with Crippen molar-refractivity contribution in [1.82, 2.24) is 5.32 Å². The molecule has 1 heterocycles. The molecule has 4 nitrogen and oxygen atoms in total. The topological polar surface area (TPSA) is 55.4 Å². The molecular formula is C18H23NO3S. The summed E-state index contributed by atoms with van der Waals surface area (Å²) in [6.07, 6.45) is 1.65. The van der Waals surface area contributed by atoms with Crippen LogP contribution in [0.4, 0.5) is 0 Å². The lowest BCUT2D eigenvalue weighted by atomic mass is 10.0. The van der Waals surface area contributed by atoms with Crippen LogP contribution in [-0.4, -0.2) is 32.6 Å². The van der Waals surface area contributed by atoms with Gasteiger partial charge in [0.15, 0.2) is 9.84 Å². The zero-order chi connectivity index (χ0) is 16.3. The fraction of sp³-hybridized carbons (Fsp3) is 0.444. The van der Waals surface area contributed by atoms with Gasteiger partial charge in [0.1, 0.15) is 5.75 Å². The van der Waals surface area contributed by atoms with Gasteiger partial charge in [-0.2, -0.15) is 0 Å². The molecule has 5 heteroatoms. The Kier molecular flexibility index (Phi) is 4.87. The Labute approximate surface area is 137 Å². The molecule has 3 rings (SSSR count). The first kappa shape index (κ1) is 16.3. The minimum Gasteiger partial charge on any atom is -0.493 e. The fourth-order valence-electron chi connectivity index (χ4n) is 3.05. The molecule has 0 spiro atoms. The van der Waals surface area contributed by atoms with Crippen LogP contribution in [0.15, 0.2) is 36.4 Å². The summed E-state index contributed by atoms with van der Waals surface area (Å²) in [6, 6.07) is 12.4. The Morgan fingerprint density at radius 1 is 1.22 bits per heavy atom. The van der Waals surface area contributed by atoms with E-state index in [4.69, 9.17) is 4.74 Å². The molecule has 1 unspecified atom stereocenters. The van der Waals surface area contributed by atoms with Crippen molar-refractivity contribution in [3.8, 4) is 5.75 Å². The smallest absolute Gasteiger partial charge is 0.151 e. The minimum absolute atomic E-state index is 0.0398. The average Bonchev–Trinajstić information content (AvgIpc) is 2.90. The third-order valence-corrected chi connectivity index (χ3v) is 6.03. The van der Waals surface area contributed by atoms with Crippen molar-refractivity contribution in [3.05, 3.63) is 42.0 Å². The molecule has 1 saturated heterocycles. The summed E-state index contributed by atoms with van der Waals surface area (Å²) < 4.78 is 29.1. The van der Waals surface area contributed by atoms with Crippen LogP contribution in [-0.2, 0) is 16.4 Å². The zero-order valence-corrected chi connectivity index (χ0v) is 14.2. The number of nitrogens with one attached hydrogen (secondary N) is 1. The van der Waals surface area contributed by atoms with Gasteiger partial charge >= 0.3 is 0 Å². The molecule has 0 amide bonds. The highest BCUT2D eigenvalue weighted by molar-refractivity contribution is 7.91. The van der Waals surface area contributed by atoms with E-state index in [2.05, 4.69) is 30.4 Å². The number of fused-ring (bicyclic) bond motifs is 1. The molecule has 2 aromatic carbocycles. The van der Waals surface area contributed by atoms with Crippen molar-refractivity contribution in [2.45, 2.75) is 32.4 Å². The van der Waals surface area contributed by atoms with Gasteiger partial charge in [-0.05, 0) is 29.7 Å². The molecule has 1 fully saturated rings. The number of ether oxygens (including phenoxy) is 1. The van der Waals surface area contributed by atoms with E-state index in [9.17, 15) is 8.42 Å². The summed E-state index contributed by atoms with van der Waals surface area (Å²) in [6.45, 7) is 3.39. The predicted octanol–water partition coefficient (Wildman–Crippen LogP) is 2.91. The molecule has 0 aliphatic carbocycles. The zero-order valence-electron chi connectivity index (χ0n) is 13.4. The molecule has 0 saturated carbocycles. The number of sulfone groups is 1. The second-order valence-electron chi connectivity index (χ2n) is 6.09. The van der Waals surface area contributed by atoms with Crippen molar-refractivity contribution in [1.29, 1.82) is 0 Å². The maximum absolute atomic E-state index is 11.6. The van der Waals surface area contributed by atoms with E-state index in [-0.39, 0.29) is 11.8 Å². The van der Waals surface area contributed by atoms with Gasteiger partial charge in [0.05, 0.1) is 18.1 Å². The third kappa shape index (κ3) is 3.85. The van der Waals surface area contributed by atoms with E-state index in [0.29, 0.717) is 25.3 Å². The van der Waals surface area contributed by atoms with Crippen molar-refractivity contribution in [3.63, 3.8) is 0 Å². The summed E-state index contributed by atoms with van der Waals surface area (Å²) in [5.41, 5.74) is 1.11. The molecule has 1 N–H and O–H groups in total. The van der Waals surface area contributed by atoms with Gasteiger partial charge in [-0.1, -0.05) is 37.3 Å². The van der Waals surface area contributed by atoms with E-state index in [1.165, 1.54) is 5.39 Å². The predicted molar refractivity (Wildman–Crippen MR) is 93.6 cm³/mol. The lowest BCUT2D eigenvalue weighted by molar-refractivity contribution is 0.313. The Morgan fingerprint density at radius 3 is 2.78 bits per heavy atom. The van der Waals surface area contributed by atoms with Crippen LogP contribution >= 0.6 is 0 Å². The molecule has 0 radical (unpaired) electrons. The summed E-state index contributed by atoms with van der Waals surface area (Å²) in [4.78, 5) is 0. The molecule has 2 aromatic rings. The van der Waals surface area contributed by atoms with Gasteiger partial charge in [0, 0.05) is 18.2 Å². The van der Waals surface area contributed by atoms with Gasteiger partial charge in [-0.15, -0.1) is 0 Å². The number of rotatable bonds is 6. The lowest BCUT2D eigenvalue weighted by Crippen LogP contribution is -2.29. The summed E-state index contributed by atoms with van der Waals surface area (Å²) >= 11 is 0. The lowest BCUT2D eigenvalue weighted by Gasteiger charge is -2.17. The largest absolute Gasteiger partial charge is 0.493 e. The van der Waals surface area contributed by atoms with Crippen molar-refractivity contribution in [2.75, 3.05) is 18.1 Å². The highest BCUT2D eigenvalue weighted by Crippen LogP contribution is 2.28. The Bertz CT molecular complexity index is 786. The van der Waals surface area contributed by atoms with E-state index in [1.807, 2.05) is 18.2 Å². The first-order valence-electron chi connectivity index (χ1n) is 8.16. The molecule has 1 aliphatic rings. The number of hydrogen-bond acceptors (Lipinski definition) is 4. The second kappa shape index (κ2) is 6.89. The van der Waals surface area contributed by atoms with Gasteiger partial charge < -0.3 is 10.1 Å². The Balaban J connectivity index is 1.84.